The van der Waals surface area contributed by atoms with Gasteiger partial charge in [-0.2, -0.15) is 5.26 Å². The van der Waals surface area contributed by atoms with Crippen LogP contribution in [0.15, 0.2) is 29.8 Å². The number of nitrogens with zero attached hydrogens (tertiary/aromatic N) is 2. The minimum Gasteiger partial charge on any atom is -0.454 e. The van der Waals surface area contributed by atoms with Crippen molar-refractivity contribution in [1.82, 2.24) is 4.57 Å². The number of methoxy groups -OCH3 is 1. The molecule has 8 heteroatoms. The van der Waals surface area contributed by atoms with E-state index in [0.717, 1.165) is 17.0 Å². The van der Waals surface area contributed by atoms with Crippen LogP contribution in [-0.4, -0.2) is 43.4 Å². The van der Waals surface area contributed by atoms with Gasteiger partial charge in [-0.15, -0.1) is 0 Å². The Bertz CT molecular complexity index is 1040. The number of ketones is 1. The van der Waals surface area contributed by atoms with Gasteiger partial charge in [0.05, 0.1) is 6.61 Å². The van der Waals surface area contributed by atoms with Gasteiger partial charge in [-0.05, 0) is 49.8 Å². The van der Waals surface area contributed by atoms with E-state index in [0.29, 0.717) is 30.2 Å². The molecular formula is C22H22N2O6. The predicted octanol–water partition coefficient (Wildman–Crippen LogP) is 2.81. The first-order valence-corrected chi connectivity index (χ1v) is 9.32. The predicted molar refractivity (Wildman–Crippen MR) is 107 cm³/mol. The van der Waals surface area contributed by atoms with Crippen molar-refractivity contribution in [3.05, 3.63) is 52.4 Å². The number of aromatic nitrogens is 1. The molecule has 0 spiro atoms. The van der Waals surface area contributed by atoms with Crippen LogP contribution >= 0.6 is 0 Å². The number of carbonyl (C=O) groups is 2. The molecule has 1 aliphatic rings. The zero-order valence-electron chi connectivity index (χ0n) is 17.1. The minimum atomic E-state index is -0.853. The first-order chi connectivity index (χ1) is 14.4. The molecule has 2 aromatic rings. The first kappa shape index (κ1) is 21.1. The number of nitriles is 1. The molecule has 0 saturated carbocycles. The van der Waals surface area contributed by atoms with Crippen LogP contribution in [0, 0.1) is 25.2 Å². The molecule has 0 radical (unpaired) electrons. The Morgan fingerprint density at radius 1 is 1.23 bits per heavy atom. The number of carbonyl (C=O) groups excluding carboxylic acids is 2. The highest BCUT2D eigenvalue weighted by Gasteiger charge is 2.19. The Balaban J connectivity index is 1.68. The lowest BCUT2D eigenvalue weighted by Crippen LogP contribution is -2.15. The summed E-state index contributed by atoms with van der Waals surface area (Å²) in [7, 11) is 1.63. The topological polar surface area (TPSA) is 99.8 Å². The van der Waals surface area contributed by atoms with E-state index < -0.39 is 18.4 Å². The van der Waals surface area contributed by atoms with Crippen LogP contribution in [0.2, 0.25) is 0 Å². The van der Waals surface area contributed by atoms with E-state index in [1.807, 2.05) is 30.6 Å². The third-order valence-electron chi connectivity index (χ3n) is 4.80. The largest absolute Gasteiger partial charge is 0.454 e. The van der Waals surface area contributed by atoms with Crippen LogP contribution in [0.1, 0.15) is 27.3 Å². The average Bonchev–Trinajstić information content (AvgIpc) is 3.32. The molecule has 0 bridgehead atoms. The highest BCUT2D eigenvalue weighted by molar-refractivity contribution is 6.02. The summed E-state index contributed by atoms with van der Waals surface area (Å²) in [6.07, 6.45) is 1.47. The zero-order valence-corrected chi connectivity index (χ0v) is 17.1. The number of aryl methyl sites for hydroxylation is 1. The van der Waals surface area contributed by atoms with Crippen LogP contribution in [0.4, 0.5) is 0 Å². The minimum absolute atomic E-state index is 0.102. The lowest BCUT2D eigenvalue weighted by atomic mass is 10.1. The number of rotatable bonds is 8. The average molecular weight is 410 g/mol. The second-order valence-corrected chi connectivity index (χ2v) is 6.71. The van der Waals surface area contributed by atoms with Gasteiger partial charge in [-0.3, -0.25) is 4.79 Å². The maximum Gasteiger partial charge on any atom is 0.349 e. The molecule has 0 aliphatic carbocycles. The molecule has 0 N–H and O–H groups in total. The van der Waals surface area contributed by atoms with Gasteiger partial charge in [0, 0.05) is 30.6 Å². The number of hydrogen-bond acceptors (Lipinski definition) is 7. The normalized spacial score (nSPS) is 12.5. The molecule has 1 aliphatic heterocycles. The summed E-state index contributed by atoms with van der Waals surface area (Å²) in [5.74, 6) is -0.236. The fourth-order valence-electron chi connectivity index (χ4n) is 3.16. The van der Waals surface area contributed by atoms with Crippen LogP contribution in [0.25, 0.3) is 6.08 Å². The highest BCUT2D eigenvalue weighted by Crippen LogP contribution is 2.32. The van der Waals surface area contributed by atoms with Gasteiger partial charge in [-0.25, -0.2) is 4.79 Å². The van der Waals surface area contributed by atoms with Gasteiger partial charge in [-0.1, -0.05) is 0 Å². The number of esters is 1. The van der Waals surface area contributed by atoms with E-state index in [2.05, 4.69) is 0 Å². The molecule has 156 valence electrons. The van der Waals surface area contributed by atoms with Crippen molar-refractivity contribution < 1.29 is 28.5 Å². The van der Waals surface area contributed by atoms with E-state index in [1.165, 1.54) is 12.1 Å². The second kappa shape index (κ2) is 9.29. The third kappa shape index (κ3) is 4.53. The maximum atomic E-state index is 12.3. The Morgan fingerprint density at radius 2 is 2.00 bits per heavy atom. The van der Waals surface area contributed by atoms with Crippen LogP contribution < -0.4 is 9.47 Å². The van der Waals surface area contributed by atoms with Gasteiger partial charge < -0.3 is 23.5 Å². The standard InChI is InChI=1S/C22H22N2O6/c1-14-8-17(15(2)24(14)6-7-27-3)9-18(11-23)22(26)28-12-19(25)16-4-5-20-21(10-16)30-13-29-20/h4-5,8-10H,6-7,12-13H2,1-3H3/b18-9+. The van der Waals surface area contributed by atoms with Crippen molar-refractivity contribution in [2.45, 2.75) is 20.4 Å². The lowest BCUT2D eigenvalue weighted by Gasteiger charge is -2.08. The quantitative estimate of drug-likeness (QED) is 0.285. The summed E-state index contributed by atoms with van der Waals surface area (Å²) in [5.41, 5.74) is 2.77. The van der Waals surface area contributed by atoms with Crippen LogP contribution in [0.3, 0.4) is 0 Å². The fourth-order valence-corrected chi connectivity index (χ4v) is 3.16. The SMILES string of the molecule is COCCn1c(C)cc(/C=C(\C#N)C(=O)OCC(=O)c2ccc3c(c2)OCO3)c1C. The third-order valence-corrected chi connectivity index (χ3v) is 4.80. The first-order valence-electron chi connectivity index (χ1n) is 9.32. The smallest absolute Gasteiger partial charge is 0.349 e. The Labute approximate surface area is 174 Å². The molecule has 0 saturated heterocycles. The maximum absolute atomic E-state index is 12.3. The van der Waals surface area contributed by atoms with Crippen LogP contribution in [0.5, 0.6) is 11.5 Å². The molecule has 0 fully saturated rings. The van der Waals surface area contributed by atoms with Gasteiger partial charge in [0.25, 0.3) is 0 Å². The van der Waals surface area contributed by atoms with Crippen LogP contribution in [-0.2, 0) is 20.8 Å². The second-order valence-electron chi connectivity index (χ2n) is 6.71. The molecule has 3 rings (SSSR count). The summed E-state index contributed by atoms with van der Waals surface area (Å²) in [4.78, 5) is 24.7. The van der Waals surface area contributed by atoms with E-state index >= 15 is 0 Å². The number of ether oxygens (including phenoxy) is 4. The Kier molecular flexibility index (Phi) is 6.54. The molecule has 2 heterocycles. The number of benzene rings is 1. The summed E-state index contributed by atoms with van der Waals surface area (Å²) in [5, 5.41) is 9.39. The molecule has 0 amide bonds. The van der Waals surface area contributed by atoms with E-state index in [9.17, 15) is 14.9 Å². The summed E-state index contributed by atoms with van der Waals surface area (Å²) < 4.78 is 22.7. The number of hydrogen-bond donors (Lipinski definition) is 0. The van der Waals surface area contributed by atoms with Gasteiger partial charge in [0.1, 0.15) is 11.6 Å². The van der Waals surface area contributed by atoms with Gasteiger partial charge in [0.15, 0.2) is 23.9 Å². The van der Waals surface area contributed by atoms with Crippen molar-refractivity contribution in [2.24, 2.45) is 0 Å². The molecular weight excluding hydrogens is 388 g/mol. The molecule has 0 unspecified atom stereocenters. The van der Waals surface area contributed by atoms with E-state index in [1.54, 1.807) is 19.2 Å². The van der Waals surface area contributed by atoms with Crippen molar-refractivity contribution in [2.75, 3.05) is 27.1 Å². The van der Waals surface area contributed by atoms with Crippen molar-refractivity contribution >= 4 is 17.8 Å². The lowest BCUT2D eigenvalue weighted by molar-refractivity contribution is -0.137. The Morgan fingerprint density at radius 3 is 2.73 bits per heavy atom. The molecule has 8 nitrogen and oxygen atoms in total. The van der Waals surface area contributed by atoms with E-state index in [-0.39, 0.29) is 12.4 Å². The molecule has 1 aromatic carbocycles. The van der Waals surface area contributed by atoms with Crippen molar-refractivity contribution in [3.63, 3.8) is 0 Å². The number of Topliss-reactive ketones (excluding diaryl/α,β-unsaturated/α-hetero) is 1. The molecule has 0 atom stereocenters. The zero-order chi connectivity index (χ0) is 21.7. The number of fused-ring (bicyclic) bond motifs is 1. The summed E-state index contributed by atoms with van der Waals surface area (Å²) in [6.45, 7) is 4.67. The Hall–Kier alpha value is -3.57. The fraction of sp³-hybridized carbons (Fsp3) is 0.318. The highest BCUT2D eigenvalue weighted by atomic mass is 16.7. The van der Waals surface area contributed by atoms with E-state index in [4.69, 9.17) is 18.9 Å². The summed E-state index contributed by atoms with van der Waals surface area (Å²) >= 11 is 0. The molecule has 1 aromatic heterocycles. The van der Waals surface area contributed by atoms with Crippen molar-refractivity contribution in [3.8, 4) is 17.6 Å². The van der Waals surface area contributed by atoms with Gasteiger partial charge >= 0.3 is 5.97 Å². The molecule has 30 heavy (non-hydrogen) atoms. The van der Waals surface area contributed by atoms with Crippen molar-refractivity contribution in [1.29, 1.82) is 5.26 Å². The monoisotopic (exact) mass is 410 g/mol. The summed E-state index contributed by atoms with van der Waals surface area (Å²) in [6, 6.07) is 8.46. The van der Waals surface area contributed by atoms with Gasteiger partial charge in [0.2, 0.25) is 6.79 Å².